The van der Waals surface area contributed by atoms with Crippen molar-refractivity contribution in [3.05, 3.63) is 33.8 Å². The van der Waals surface area contributed by atoms with Crippen molar-refractivity contribution in [2.45, 2.75) is 38.5 Å². The first kappa shape index (κ1) is 13.4. The van der Waals surface area contributed by atoms with E-state index < -0.39 is 0 Å². The van der Waals surface area contributed by atoms with Gasteiger partial charge in [-0.1, -0.05) is 17.7 Å². The normalized spacial score (nSPS) is 26.9. The van der Waals surface area contributed by atoms with E-state index in [0.29, 0.717) is 18.7 Å². The van der Waals surface area contributed by atoms with Crippen molar-refractivity contribution in [3.63, 3.8) is 0 Å². The van der Waals surface area contributed by atoms with Gasteiger partial charge in [0.1, 0.15) is 0 Å². The van der Waals surface area contributed by atoms with Crippen LogP contribution in [-0.4, -0.2) is 30.7 Å². The van der Waals surface area contributed by atoms with Gasteiger partial charge >= 0.3 is 0 Å². The molecule has 0 radical (unpaired) electrons. The highest BCUT2D eigenvalue weighted by Gasteiger charge is 2.32. The van der Waals surface area contributed by atoms with Crippen molar-refractivity contribution in [1.82, 2.24) is 4.90 Å². The summed E-state index contributed by atoms with van der Waals surface area (Å²) in [7, 11) is 0. The Kier molecular flexibility index (Phi) is 3.81. The predicted molar refractivity (Wildman–Crippen MR) is 77.4 cm³/mol. The lowest BCUT2D eigenvalue weighted by Gasteiger charge is -2.26. The third-order valence-corrected chi connectivity index (χ3v) is 4.82. The number of rotatable bonds is 3. The van der Waals surface area contributed by atoms with Gasteiger partial charge < -0.3 is 10.5 Å². The number of ether oxygens (including phenoxy) is 1. The lowest BCUT2D eigenvalue weighted by Crippen LogP contribution is -2.34. The van der Waals surface area contributed by atoms with E-state index in [-0.39, 0.29) is 0 Å². The summed E-state index contributed by atoms with van der Waals surface area (Å²) in [5.41, 5.74) is 9.90. The number of nitrogens with two attached hydrogens (primary N) is 1. The van der Waals surface area contributed by atoms with Crippen LogP contribution < -0.4 is 5.73 Å². The first-order valence-corrected chi connectivity index (χ1v) is 7.42. The first-order valence-electron chi connectivity index (χ1n) is 7.04. The Morgan fingerprint density at radius 2 is 2.32 bits per heavy atom. The van der Waals surface area contributed by atoms with Crippen molar-refractivity contribution < 1.29 is 4.74 Å². The summed E-state index contributed by atoms with van der Waals surface area (Å²) < 4.78 is 5.75. The molecule has 0 saturated carbocycles. The highest BCUT2D eigenvalue weighted by Crippen LogP contribution is 2.37. The molecule has 1 fully saturated rings. The zero-order valence-corrected chi connectivity index (χ0v) is 12.1. The summed E-state index contributed by atoms with van der Waals surface area (Å²) in [6.07, 6.45) is 2.73. The van der Waals surface area contributed by atoms with Gasteiger partial charge in [-0.05, 0) is 42.5 Å². The SMILES string of the molecule is Cc1c(Cl)ccc2c1CN(CC1CCCO1)C2CN. The number of hydrogen-bond donors (Lipinski definition) is 1. The molecule has 2 aliphatic rings. The zero-order valence-electron chi connectivity index (χ0n) is 11.4. The van der Waals surface area contributed by atoms with Crippen LogP contribution in [0.2, 0.25) is 5.02 Å². The highest BCUT2D eigenvalue weighted by molar-refractivity contribution is 6.31. The third-order valence-electron chi connectivity index (χ3n) is 4.41. The minimum absolute atomic E-state index is 0.315. The van der Waals surface area contributed by atoms with Crippen LogP contribution >= 0.6 is 11.6 Å². The van der Waals surface area contributed by atoms with Crippen LogP contribution in [0.5, 0.6) is 0 Å². The van der Waals surface area contributed by atoms with E-state index in [1.165, 1.54) is 29.5 Å². The van der Waals surface area contributed by atoms with Crippen LogP contribution in [0.4, 0.5) is 0 Å². The van der Waals surface area contributed by atoms with E-state index in [9.17, 15) is 0 Å². The molecule has 2 aliphatic heterocycles. The van der Waals surface area contributed by atoms with E-state index in [2.05, 4.69) is 17.9 Å². The molecule has 1 aromatic rings. The monoisotopic (exact) mass is 280 g/mol. The van der Waals surface area contributed by atoms with Gasteiger partial charge in [-0.15, -0.1) is 0 Å². The number of fused-ring (bicyclic) bond motifs is 1. The summed E-state index contributed by atoms with van der Waals surface area (Å²) in [6, 6.07) is 4.45. The van der Waals surface area contributed by atoms with Gasteiger partial charge in [-0.2, -0.15) is 0 Å². The minimum atomic E-state index is 0.315. The van der Waals surface area contributed by atoms with Crippen LogP contribution in [0.1, 0.15) is 35.6 Å². The Bertz CT molecular complexity index is 471. The summed E-state index contributed by atoms with van der Waals surface area (Å²) in [5.74, 6) is 0. The molecule has 0 bridgehead atoms. The Morgan fingerprint density at radius 1 is 1.47 bits per heavy atom. The van der Waals surface area contributed by atoms with E-state index in [1.54, 1.807) is 0 Å². The molecule has 1 aromatic carbocycles. The topological polar surface area (TPSA) is 38.5 Å². The number of hydrogen-bond acceptors (Lipinski definition) is 3. The molecule has 0 amide bonds. The number of halogens is 1. The zero-order chi connectivity index (χ0) is 13.4. The van der Waals surface area contributed by atoms with Gasteiger partial charge in [0.05, 0.1) is 6.10 Å². The molecule has 0 spiro atoms. The second-order valence-electron chi connectivity index (χ2n) is 5.56. The van der Waals surface area contributed by atoms with Crippen LogP contribution in [0.15, 0.2) is 12.1 Å². The van der Waals surface area contributed by atoms with E-state index in [4.69, 9.17) is 22.1 Å². The molecule has 19 heavy (non-hydrogen) atoms. The predicted octanol–water partition coefficient (Wildman–Crippen LogP) is 2.64. The summed E-state index contributed by atoms with van der Waals surface area (Å²) in [5, 5.41) is 0.855. The second-order valence-corrected chi connectivity index (χ2v) is 5.96. The fourth-order valence-electron chi connectivity index (χ4n) is 3.30. The lowest BCUT2D eigenvalue weighted by molar-refractivity contribution is 0.0609. The minimum Gasteiger partial charge on any atom is -0.377 e. The molecule has 3 rings (SSSR count). The van der Waals surface area contributed by atoms with E-state index >= 15 is 0 Å². The molecule has 1 saturated heterocycles. The van der Waals surface area contributed by atoms with Crippen LogP contribution in [0, 0.1) is 6.92 Å². The van der Waals surface area contributed by atoms with Gasteiger partial charge in [-0.3, -0.25) is 4.90 Å². The molecule has 104 valence electrons. The first-order chi connectivity index (χ1) is 9.20. The summed E-state index contributed by atoms with van der Waals surface area (Å²) in [4.78, 5) is 2.45. The summed E-state index contributed by atoms with van der Waals surface area (Å²) in [6.45, 7) is 5.59. The molecule has 0 aliphatic carbocycles. The van der Waals surface area contributed by atoms with Gasteiger partial charge in [0.25, 0.3) is 0 Å². The molecule has 4 heteroatoms. The Morgan fingerprint density at radius 3 is 3.00 bits per heavy atom. The van der Waals surface area contributed by atoms with Crippen LogP contribution in [0.25, 0.3) is 0 Å². The second kappa shape index (κ2) is 5.41. The van der Waals surface area contributed by atoms with Gasteiger partial charge in [0, 0.05) is 37.3 Å². The summed E-state index contributed by atoms with van der Waals surface area (Å²) >= 11 is 6.23. The standard InChI is InChI=1S/C15H21ClN2O/c1-10-13-9-18(8-11-3-2-6-19-11)15(7-17)12(13)4-5-14(10)16/h4-5,11,15H,2-3,6-9,17H2,1H3. The average Bonchev–Trinajstić information content (AvgIpc) is 3.02. The van der Waals surface area contributed by atoms with Gasteiger partial charge in [-0.25, -0.2) is 0 Å². The maximum absolute atomic E-state index is 6.23. The fourth-order valence-corrected chi connectivity index (χ4v) is 3.48. The van der Waals surface area contributed by atoms with E-state index in [1.807, 2.05) is 6.07 Å². The van der Waals surface area contributed by atoms with Gasteiger partial charge in [0.2, 0.25) is 0 Å². The third kappa shape index (κ3) is 2.40. The number of benzene rings is 1. The van der Waals surface area contributed by atoms with Crippen molar-refractivity contribution in [2.24, 2.45) is 5.73 Å². The molecule has 2 unspecified atom stereocenters. The fraction of sp³-hybridized carbons (Fsp3) is 0.600. The molecule has 2 atom stereocenters. The molecular weight excluding hydrogens is 260 g/mol. The average molecular weight is 281 g/mol. The maximum Gasteiger partial charge on any atom is 0.0703 e. The highest BCUT2D eigenvalue weighted by atomic mass is 35.5. The quantitative estimate of drug-likeness (QED) is 0.925. The molecule has 0 aromatic heterocycles. The molecular formula is C15H21ClN2O. The molecule has 3 nitrogen and oxygen atoms in total. The Labute approximate surface area is 119 Å². The molecule has 2 heterocycles. The Hall–Kier alpha value is -0.610. The number of nitrogens with zero attached hydrogens (tertiary/aromatic N) is 1. The van der Waals surface area contributed by atoms with Crippen molar-refractivity contribution >= 4 is 11.6 Å². The van der Waals surface area contributed by atoms with Crippen molar-refractivity contribution in [2.75, 3.05) is 19.7 Å². The maximum atomic E-state index is 6.23. The van der Waals surface area contributed by atoms with Crippen LogP contribution in [-0.2, 0) is 11.3 Å². The van der Waals surface area contributed by atoms with E-state index in [0.717, 1.165) is 24.7 Å². The largest absolute Gasteiger partial charge is 0.377 e. The van der Waals surface area contributed by atoms with Gasteiger partial charge in [0.15, 0.2) is 0 Å². The molecule has 2 N–H and O–H groups in total. The Balaban J connectivity index is 1.83. The van der Waals surface area contributed by atoms with Crippen molar-refractivity contribution in [1.29, 1.82) is 0 Å². The smallest absolute Gasteiger partial charge is 0.0703 e. The van der Waals surface area contributed by atoms with Crippen LogP contribution in [0.3, 0.4) is 0 Å². The van der Waals surface area contributed by atoms with Crippen molar-refractivity contribution in [3.8, 4) is 0 Å². The lowest BCUT2D eigenvalue weighted by atomic mass is 10.0.